The van der Waals surface area contributed by atoms with Crippen LogP contribution in [-0.2, 0) is 4.79 Å². The lowest BCUT2D eigenvalue weighted by Crippen LogP contribution is -2.23. The van der Waals surface area contributed by atoms with E-state index < -0.39 is 6.36 Å². The van der Waals surface area contributed by atoms with E-state index in [0.717, 1.165) is 18.9 Å². The molecule has 1 aliphatic rings. The highest BCUT2D eigenvalue weighted by atomic mass is 79.9. The number of nitrogens with one attached hydrogen (secondary N) is 2. The minimum Gasteiger partial charge on any atom is -0.405 e. The summed E-state index contributed by atoms with van der Waals surface area (Å²) in [6, 6.07) is 4.41. The maximum atomic E-state index is 12.1. The summed E-state index contributed by atoms with van der Waals surface area (Å²) in [5, 5.41) is 5.83. The molecule has 2 rings (SSSR count). The number of benzene rings is 1. The average Bonchev–Trinajstić information content (AvgIpc) is 3.15. The van der Waals surface area contributed by atoms with Crippen LogP contribution in [0, 0.1) is 0 Å². The van der Waals surface area contributed by atoms with Crippen molar-refractivity contribution in [3.63, 3.8) is 0 Å². The van der Waals surface area contributed by atoms with Gasteiger partial charge < -0.3 is 15.4 Å². The zero-order valence-corrected chi connectivity index (χ0v) is 12.6. The molecule has 1 saturated carbocycles. The predicted molar refractivity (Wildman–Crippen MR) is 75.1 cm³/mol. The minimum absolute atomic E-state index is 0.119. The number of hydrogen-bond donors (Lipinski definition) is 2. The van der Waals surface area contributed by atoms with Gasteiger partial charge in [0.15, 0.2) is 0 Å². The Bertz CT molecular complexity index is 519. The van der Waals surface area contributed by atoms with Crippen molar-refractivity contribution >= 4 is 27.5 Å². The first kappa shape index (κ1) is 16.1. The number of hydrogen-bond acceptors (Lipinski definition) is 3. The van der Waals surface area contributed by atoms with Gasteiger partial charge in [0.1, 0.15) is 5.75 Å². The summed E-state index contributed by atoms with van der Waals surface area (Å²) in [5.74, 6) is -0.546. The van der Waals surface area contributed by atoms with Gasteiger partial charge in [0.05, 0.1) is 4.47 Å². The standard InChI is InChI=1S/C13H14BrF3N2O2/c14-10-7-9(3-4-11(10)21-13(15,16)17)19-12(20)5-6-18-8-1-2-8/h3-4,7-8,18H,1-2,5-6H2,(H,19,20). The number of anilines is 1. The van der Waals surface area contributed by atoms with Crippen molar-refractivity contribution in [3.05, 3.63) is 22.7 Å². The first-order valence-corrected chi connectivity index (χ1v) is 7.21. The van der Waals surface area contributed by atoms with Gasteiger partial charge in [-0.3, -0.25) is 4.79 Å². The molecule has 1 fully saturated rings. The van der Waals surface area contributed by atoms with Gasteiger partial charge in [-0.25, -0.2) is 0 Å². The summed E-state index contributed by atoms with van der Waals surface area (Å²) in [6.45, 7) is 0.590. The number of halogens is 4. The maximum Gasteiger partial charge on any atom is 0.573 e. The maximum absolute atomic E-state index is 12.1. The van der Waals surface area contributed by atoms with Crippen LogP contribution in [0.2, 0.25) is 0 Å². The van der Waals surface area contributed by atoms with Crippen LogP contribution in [-0.4, -0.2) is 24.9 Å². The number of carbonyl (C=O) groups excluding carboxylic acids is 1. The van der Waals surface area contributed by atoms with E-state index in [2.05, 4.69) is 31.3 Å². The molecule has 0 aliphatic heterocycles. The van der Waals surface area contributed by atoms with E-state index in [-0.39, 0.29) is 16.1 Å². The second-order valence-corrected chi connectivity index (χ2v) is 5.57. The molecule has 116 valence electrons. The molecule has 1 amide bonds. The van der Waals surface area contributed by atoms with Gasteiger partial charge >= 0.3 is 6.36 Å². The highest BCUT2D eigenvalue weighted by Gasteiger charge is 2.32. The summed E-state index contributed by atoms with van der Waals surface area (Å²) in [5.41, 5.74) is 0.410. The lowest BCUT2D eigenvalue weighted by atomic mass is 10.3. The van der Waals surface area contributed by atoms with Crippen LogP contribution >= 0.6 is 15.9 Å². The summed E-state index contributed by atoms with van der Waals surface area (Å²) in [6.07, 6.45) is -2.14. The first-order valence-electron chi connectivity index (χ1n) is 6.42. The van der Waals surface area contributed by atoms with Crippen molar-refractivity contribution in [2.24, 2.45) is 0 Å². The molecule has 0 atom stereocenters. The van der Waals surface area contributed by atoms with E-state index in [1.807, 2.05) is 0 Å². The molecule has 0 unspecified atom stereocenters. The van der Waals surface area contributed by atoms with Gasteiger partial charge in [-0.2, -0.15) is 0 Å². The van der Waals surface area contributed by atoms with Gasteiger partial charge in [-0.1, -0.05) is 0 Å². The summed E-state index contributed by atoms with van der Waals surface area (Å²) in [7, 11) is 0. The topological polar surface area (TPSA) is 50.4 Å². The Morgan fingerprint density at radius 2 is 2.10 bits per heavy atom. The van der Waals surface area contributed by atoms with Crippen molar-refractivity contribution in [3.8, 4) is 5.75 Å². The molecule has 0 radical (unpaired) electrons. The molecular weight excluding hydrogens is 353 g/mol. The first-order chi connectivity index (χ1) is 9.83. The normalized spacial score (nSPS) is 14.9. The molecule has 0 saturated heterocycles. The highest BCUT2D eigenvalue weighted by molar-refractivity contribution is 9.10. The summed E-state index contributed by atoms with van der Waals surface area (Å²) < 4.78 is 40.3. The molecule has 1 aliphatic carbocycles. The van der Waals surface area contributed by atoms with E-state index >= 15 is 0 Å². The third-order valence-electron chi connectivity index (χ3n) is 2.80. The number of ether oxygens (including phenoxy) is 1. The Hall–Kier alpha value is -1.28. The van der Waals surface area contributed by atoms with Crippen LogP contribution < -0.4 is 15.4 Å². The quantitative estimate of drug-likeness (QED) is 0.810. The molecule has 0 heterocycles. The number of rotatable bonds is 6. The molecule has 1 aromatic rings. The molecular formula is C13H14BrF3N2O2. The van der Waals surface area contributed by atoms with E-state index in [4.69, 9.17) is 0 Å². The monoisotopic (exact) mass is 366 g/mol. The van der Waals surface area contributed by atoms with Gasteiger partial charge in [-0.15, -0.1) is 13.2 Å². The highest BCUT2D eigenvalue weighted by Crippen LogP contribution is 2.32. The van der Waals surface area contributed by atoms with Crippen LogP contribution in [0.15, 0.2) is 22.7 Å². The Balaban J connectivity index is 1.85. The Labute approximate surface area is 128 Å². The zero-order valence-electron chi connectivity index (χ0n) is 11.0. The fourth-order valence-corrected chi connectivity index (χ4v) is 2.15. The van der Waals surface area contributed by atoms with E-state index in [9.17, 15) is 18.0 Å². The average molecular weight is 367 g/mol. The smallest absolute Gasteiger partial charge is 0.405 e. The lowest BCUT2D eigenvalue weighted by molar-refractivity contribution is -0.274. The van der Waals surface area contributed by atoms with E-state index in [1.54, 1.807) is 0 Å². The van der Waals surface area contributed by atoms with Crippen molar-refractivity contribution in [2.45, 2.75) is 31.7 Å². The number of amides is 1. The second-order valence-electron chi connectivity index (χ2n) is 4.72. The molecule has 21 heavy (non-hydrogen) atoms. The van der Waals surface area contributed by atoms with Crippen molar-refractivity contribution in [1.29, 1.82) is 0 Å². The third-order valence-corrected chi connectivity index (χ3v) is 3.42. The largest absolute Gasteiger partial charge is 0.573 e. The summed E-state index contributed by atoms with van der Waals surface area (Å²) in [4.78, 5) is 11.7. The molecule has 1 aromatic carbocycles. The number of alkyl halides is 3. The van der Waals surface area contributed by atoms with Crippen molar-refractivity contribution in [2.75, 3.05) is 11.9 Å². The van der Waals surface area contributed by atoms with Crippen LogP contribution in [0.25, 0.3) is 0 Å². The van der Waals surface area contributed by atoms with Crippen LogP contribution in [0.5, 0.6) is 5.75 Å². The van der Waals surface area contributed by atoms with Crippen LogP contribution in [0.1, 0.15) is 19.3 Å². The molecule has 2 N–H and O–H groups in total. The zero-order chi connectivity index (χ0) is 15.5. The second kappa shape index (κ2) is 6.65. The predicted octanol–water partition coefficient (Wildman–Crippen LogP) is 3.43. The fourth-order valence-electron chi connectivity index (χ4n) is 1.69. The van der Waals surface area contributed by atoms with Crippen LogP contribution in [0.4, 0.5) is 18.9 Å². The molecule has 0 aromatic heterocycles. The van der Waals surface area contributed by atoms with Crippen molar-refractivity contribution in [1.82, 2.24) is 5.32 Å². The van der Waals surface area contributed by atoms with Gasteiger partial charge in [0.2, 0.25) is 5.91 Å². The van der Waals surface area contributed by atoms with E-state index in [0.29, 0.717) is 24.7 Å². The Morgan fingerprint density at radius 1 is 1.38 bits per heavy atom. The molecule has 0 bridgehead atoms. The Morgan fingerprint density at radius 3 is 2.67 bits per heavy atom. The number of carbonyl (C=O) groups is 1. The molecule has 8 heteroatoms. The minimum atomic E-state index is -4.75. The van der Waals surface area contributed by atoms with Gasteiger partial charge in [-0.05, 0) is 47.0 Å². The fraction of sp³-hybridized carbons (Fsp3) is 0.462. The summed E-state index contributed by atoms with van der Waals surface area (Å²) >= 11 is 2.98. The van der Waals surface area contributed by atoms with Crippen LogP contribution in [0.3, 0.4) is 0 Å². The Kier molecular flexibility index (Phi) is 5.10. The van der Waals surface area contributed by atoms with E-state index in [1.165, 1.54) is 12.1 Å². The lowest BCUT2D eigenvalue weighted by Gasteiger charge is -2.12. The van der Waals surface area contributed by atoms with Gasteiger partial charge in [0.25, 0.3) is 0 Å². The van der Waals surface area contributed by atoms with Gasteiger partial charge in [0, 0.05) is 24.7 Å². The SMILES string of the molecule is O=C(CCNC1CC1)Nc1ccc(OC(F)(F)F)c(Br)c1. The third kappa shape index (κ3) is 5.92. The molecule has 4 nitrogen and oxygen atoms in total. The molecule has 0 spiro atoms. The van der Waals surface area contributed by atoms with Crippen molar-refractivity contribution < 1.29 is 22.7 Å².